The van der Waals surface area contributed by atoms with E-state index in [1.54, 1.807) is 0 Å². The van der Waals surface area contributed by atoms with Gasteiger partial charge in [0.05, 0.1) is 6.10 Å². The van der Waals surface area contributed by atoms with Crippen LogP contribution in [-0.2, 0) is 9.53 Å². The minimum Gasteiger partial charge on any atom is -0.463 e. The Bertz CT molecular complexity index is 132. The van der Waals surface area contributed by atoms with Crippen LogP contribution in [-0.4, -0.2) is 17.5 Å². The minimum absolute atomic E-state index is 0.00840. The zero-order chi connectivity index (χ0) is 9.56. The van der Waals surface area contributed by atoms with E-state index in [1.807, 2.05) is 20.8 Å². The molecule has 0 radical (unpaired) electrons. The Labute approximate surface area is 79.2 Å². The van der Waals surface area contributed by atoms with Crippen molar-refractivity contribution >= 4 is 17.6 Å². The number of rotatable bonds is 5. The topological polar surface area (TPSA) is 26.3 Å². The van der Waals surface area contributed by atoms with Crippen LogP contribution in [0, 0.1) is 0 Å². The van der Waals surface area contributed by atoms with Crippen molar-refractivity contribution in [1.29, 1.82) is 0 Å². The molecular weight excluding hydrogens is 176 g/mol. The first-order valence-electron chi connectivity index (χ1n) is 4.36. The first kappa shape index (κ1) is 11.8. The lowest BCUT2D eigenvalue weighted by Gasteiger charge is -2.07. The van der Waals surface area contributed by atoms with Crippen molar-refractivity contribution in [3.8, 4) is 0 Å². The maximum absolute atomic E-state index is 11.0. The van der Waals surface area contributed by atoms with E-state index in [4.69, 9.17) is 16.3 Å². The van der Waals surface area contributed by atoms with Crippen LogP contribution in [0.25, 0.3) is 0 Å². The second kappa shape index (κ2) is 6.30. The highest BCUT2D eigenvalue weighted by Crippen LogP contribution is 2.07. The number of ether oxygens (including phenoxy) is 1. The molecule has 0 aliphatic carbocycles. The van der Waals surface area contributed by atoms with Crippen LogP contribution in [0.5, 0.6) is 0 Å². The van der Waals surface area contributed by atoms with Crippen molar-refractivity contribution < 1.29 is 9.53 Å². The summed E-state index contributed by atoms with van der Waals surface area (Å²) in [5, 5.41) is 0.150. The number of esters is 1. The summed E-state index contributed by atoms with van der Waals surface area (Å²) in [6, 6.07) is 0. The highest BCUT2D eigenvalue weighted by atomic mass is 35.5. The summed E-state index contributed by atoms with van der Waals surface area (Å²) >= 11 is 5.71. The van der Waals surface area contributed by atoms with Gasteiger partial charge >= 0.3 is 5.97 Å². The molecule has 0 aliphatic heterocycles. The van der Waals surface area contributed by atoms with Crippen LogP contribution >= 0.6 is 11.6 Å². The summed E-state index contributed by atoms with van der Waals surface area (Å²) in [6.07, 6.45) is 2.16. The molecule has 72 valence electrons. The SMILES string of the molecule is CC(Cl)CCCC(=O)OC(C)C. The van der Waals surface area contributed by atoms with E-state index >= 15 is 0 Å². The van der Waals surface area contributed by atoms with Gasteiger partial charge < -0.3 is 4.74 Å². The van der Waals surface area contributed by atoms with Crippen molar-refractivity contribution in [1.82, 2.24) is 0 Å². The Hall–Kier alpha value is -0.240. The molecule has 1 unspecified atom stereocenters. The standard InChI is InChI=1S/C9H17ClO2/c1-7(2)12-9(11)6-4-5-8(3)10/h7-8H,4-6H2,1-3H3. The van der Waals surface area contributed by atoms with Gasteiger partial charge in [0.2, 0.25) is 0 Å². The van der Waals surface area contributed by atoms with Gasteiger partial charge in [0.1, 0.15) is 0 Å². The van der Waals surface area contributed by atoms with Crippen molar-refractivity contribution in [2.45, 2.75) is 51.5 Å². The van der Waals surface area contributed by atoms with Crippen LogP contribution in [0.1, 0.15) is 40.0 Å². The molecule has 0 saturated heterocycles. The van der Waals surface area contributed by atoms with E-state index in [9.17, 15) is 4.79 Å². The normalized spacial score (nSPS) is 13.1. The third-order valence-corrected chi connectivity index (χ3v) is 1.57. The van der Waals surface area contributed by atoms with Gasteiger partial charge in [-0.05, 0) is 33.6 Å². The molecule has 2 nitrogen and oxygen atoms in total. The molecule has 12 heavy (non-hydrogen) atoms. The van der Waals surface area contributed by atoms with E-state index in [0.29, 0.717) is 6.42 Å². The molecule has 0 aromatic rings. The molecule has 0 rings (SSSR count). The third-order valence-electron chi connectivity index (χ3n) is 1.35. The van der Waals surface area contributed by atoms with Gasteiger partial charge in [-0.15, -0.1) is 11.6 Å². The molecule has 0 aliphatic rings. The first-order valence-corrected chi connectivity index (χ1v) is 4.79. The molecular formula is C9H17ClO2. The van der Waals surface area contributed by atoms with Crippen LogP contribution < -0.4 is 0 Å². The van der Waals surface area contributed by atoms with Gasteiger partial charge in [0.15, 0.2) is 0 Å². The summed E-state index contributed by atoms with van der Waals surface area (Å²) in [4.78, 5) is 11.0. The second-order valence-electron chi connectivity index (χ2n) is 3.21. The van der Waals surface area contributed by atoms with E-state index in [2.05, 4.69) is 0 Å². The van der Waals surface area contributed by atoms with Crippen molar-refractivity contribution in [3.63, 3.8) is 0 Å². The Morgan fingerprint density at radius 1 is 1.42 bits per heavy atom. The zero-order valence-electron chi connectivity index (χ0n) is 7.97. The van der Waals surface area contributed by atoms with Gasteiger partial charge in [-0.3, -0.25) is 4.79 Å². The Morgan fingerprint density at radius 3 is 2.42 bits per heavy atom. The molecule has 0 aromatic carbocycles. The lowest BCUT2D eigenvalue weighted by molar-refractivity contribution is -0.147. The fourth-order valence-electron chi connectivity index (χ4n) is 0.849. The lowest BCUT2D eigenvalue weighted by Crippen LogP contribution is -2.11. The summed E-state index contributed by atoms with van der Waals surface area (Å²) < 4.78 is 4.95. The number of alkyl halides is 1. The van der Waals surface area contributed by atoms with Gasteiger partial charge in [0, 0.05) is 11.8 Å². The van der Waals surface area contributed by atoms with Crippen molar-refractivity contribution in [2.75, 3.05) is 0 Å². The molecule has 0 fully saturated rings. The molecule has 1 atom stereocenters. The van der Waals surface area contributed by atoms with Crippen molar-refractivity contribution in [3.05, 3.63) is 0 Å². The Kier molecular flexibility index (Phi) is 6.17. The minimum atomic E-state index is -0.123. The smallest absolute Gasteiger partial charge is 0.306 e. The molecule has 0 bridgehead atoms. The highest BCUT2D eigenvalue weighted by Gasteiger charge is 2.05. The molecule has 0 spiro atoms. The van der Waals surface area contributed by atoms with Crippen LogP contribution in [0.15, 0.2) is 0 Å². The number of hydrogen-bond acceptors (Lipinski definition) is 2. The maximum Gasteiger partial charge on any atom is 0.306 e. The predicted octanol–water partition coefficient (Wildman–Crippen LogP) is 2.74. The van der Waals surface area contributed by atoms with E-state index in [1.165, 1.54) is 0 Å². The fourth-order valence-corrected chi connectivity index (χ4v) is 1.00. The quantitative estimate of drug-likeness (QED) is 0.495. The number of carbonyl (C=O) groups is 1. The van der Waals surface area contributed by atoms with Crippen LogP contribution in [0.3, 0.4) is 0 Å². The van der Waals surface area contributed by atoms with Gasteiger partial charge in [-0.1, -0.05) is 0 Å². The average molecular weight is 193 g/mol. The highest BCUT2D eigenvalue weighted by molar-refractivity contribution is 6.20. The van der Waals surface area contributed by atoms with Crippen LogP contribution in [0.4, 0.5) is 0 Å². The van der Waals surface area contributed by atoms with E-state index < -0.39 is 0 Å². The van der Waals surface area contributed by atoms with Crippen LogP contribution in [0.2, 0.25) is 0 Å². The maximum atomic E-state index is 11.0. The number of halogens is 1. The molecule has 3 heteroatoms. The fraction of sp³-hybridized carbons (Fsp3) is 0.889. The third kappa shape index (κ3) is 7.86. The largest absolute Gasteiger partial charge is 0.463 e. The van der Waals surface area contributed by atoms with Gasteiger partial charge in [0.25, 0.3) is 0 Å². The zero-order valence-corrected chi connectivity index (χ0v) is 8.73. The molecule has 0 aromatic heterocycles. The lowest BCUT2D eigenvalue weighted by atomic mass is 10.2. The second-order valence-corrected chi connectivity index (χ2v) is 3.96. The van der Waals surface area contributed by atoms with Crippen molar-refractivity contribution in [2.24, 2.45) is 0 Å². The monoisotopic (exact) mass is 192 g/mol. The van der Waals surface area contributed by atoms with Gasteiger partial charge in [-0.2, -0.15) is 0 Å². The molecule has 0 N–H and O–H groups in total. The molecule has 0 saturated carbocycles. The summed E-state index contributed by atoms with van der Waals surface area (Å²) in [5.41, 5.74) is 0. The molecule has 0 amide bonds. The number of carbonyl (C=O) groups excluding carboxylic acids is 1. The Balaban J connectivity index is 3.32. The van der Waals surface area contributed by atoms with E-state index in [-0.39, 0.29) is 17.5 Å². The van der Waals surface area contributed by atoms with Gasteiger partial charge in [-0.25, -0.2) is 0 Å². The number of hydrogen-bond donors (Lipinski definition) is 0. The summed E-state index contributed by atoms with van der Waals surface area (Å²) in [5.74, 6) is -0.123. The van der Waals surface area contributed by atoms with E-state index in [0.717, 1.165) is 12.8 Å². The molecule has 0 heterocycles. The predicted molar refractivity (Wildman–Crippen MR) is 50.4 cm³/mol. The Morgan fingerprint density at radius 2 is 2.00 bits per heavy atom. The summed E-state index contributed by atoms with van der Waals surface area (Å²) in [7, 11) is 0. The first-order chi connectivity index (χ1) is 5.52. The summed E-state index contributed by atoms with van der Waals surface area (Å²) in [6.45, 7) is 5.62. The average Bonchev–Trinajstić information content (AvgIpc) is 1.84.